The summed E-state index contributed by atoms with van der Waals surface area (Å²) in [6.07, 6.45) is 3.86. The smallest absolute Gasteiger partial charge is 0.251 e. The van der Waals surface area contributed by atoms with Crippen LogP contribution in [-0.4, -0.2) is 146 Å². The molecular weight excluding hydrogens is 987 g/mol. The Labute approximate surface area is 452 Å². The number of aliphatic hydroxyl groups is 2. The van der Waals surface area contributed by atoms with Crippen molar-refractivity contribution in [2.75, 3.05) is 81.9 Å². The van der Waals surface area contributed by atoms with Crippen LogP contribution in [0.25, 0.3) is 16.0 Å². The highest BCUT2D eigenvalue weighted by molar-refractivity contribution is 8.08. The highest BCUT2D eigenvalue weighted by Gasteiger charge is 2.45. The van der Waals surface area contributed by atoms with Gasteiger partial charge in [-0.1, -0.05) is 45.0 Å². The summed E-state index contributed by atoms with van der Waals surface area (Å²) >= 11 is 1.75. The standard InChI is InChI=1S/C57H79N9O9S/c1-10-65(43-17-20-73-21-18-43)47-27-42(26-45(36(47)4)53(69)60-30-46-34(2)25-35(3)62-54(46)70)41-15-16-49(59-29-41)58-19-22-74-23-24-75-32-50(68)64-52(57(7,8)9)56(72)66-31-44(67)28-48(66)55(71)63-37(5)39-11-13-40(14-12-39)51-38(6)61-33-76-51/h11-16,25-27,29,37,43-44,48,52,54,61-62,67,70H,10,17-24,28,30-33H2,1-9H3,(H,58,59)(H,60,69)(H,63,71)(H,64,68)/t37-,44+,48-,52+,54?/m0/s1. The number of hydrogen-bond donors (Lipinski definition) is 8. The van der Waals surface area contributed by atoms with Gasteiger partial charge in [0.15, 0.2) is 0 Å². The number of likely N-dealkylation sites (tertiary alicyclic amines) is 1. The van der Waals surface area contributed by atoms with Crippen LogP contribution in [0.4, 0.5) is 11.5 Å². The molecule has 76 heavy (non-hydrogen) atoms. The van der Waals surface area contributed by atoms with E-state index >= 15 is 0 Å². The van der Waals surface area contributed by atoms with Gasteiger partial charge in [-0.15, -0.1) is 11.8 Å². The van der Waals surface area contributed by atoms with Crippen LogP contribution in [0.3, 0.4) is 0 Å². The second-order valence-corrected chi connectivity index (χ2v) is 22.1. The monoisotopic (exact) mass is 1070 g/mol. The number of allylic oxidation sites excluding steroid dienone is 4. The third-order valence-corrected chi connectivity index (χ3v) is 15.6. The molecule has 4 aliphatic heterocycles. The molecule has 3 aromatic rings. The topological polar surface area (TPSA) is 228 Å². The van der Waals surface area contributed by atoms with Crippen molar-refractivity contribution in [1.29, 1.82) is 0 Å². The number of pyridine rings is 1. The van der Waals surface area contributed by atoms with Gasteiger partial charge in [-0.3, -0.25) is 19.2 Å². The van der Waals surface area contributed by atoms with Gasteiger partial charge in [0.05, 0.1) is 37.8 Å². The number of aliphatic hydroxyl groups excluding tert-OH is 2. The van der Waals surface area contributed by atoms with Crippen molar-refractivity contribution < 1.29 is 43.6 Å². The number of dihydropyridines is 1. The average molecular weight is 1070 g/mol. The van der Waals surface area contributed by atoms with Crippen molar-refractivity contribution in [2.45, 2.75) is 118 Å². The maximum absolute atomic E-state index is 14.1. The quantitative estimate of drug-likeness (QED) is 0.0563. The maximum Gasteiger partial charge on any atom is 0.251 e. The normalized spacial score (nSPS) is 19.9. The molecule has 2 fully saturated rings. The summed E-state index contributed by atoms with van der Waals surface area (Å²) in [6.45, 7) is 20.6. The number of hydrogen-bond acceptors (Lipinski definition) is 15. The highest BCUT2D eigenvalue weighted by atomic mass is 32.2. The van der Waals surface area contributed by atoms with E-state index in [1.807, 2.05) is 97.0 Å². The Balaban J connectivity index is 0.870. The number of anilines is 2. The molecule has 4 amide bonds. The number of nitrogens with zero attached hydrogens (tertiary/aromatic N) is 3. The van der Waals surface area contributed by atoms with Crippen molar-refractivity contribution in [2.24, 2.45) is 5.41 Å². The molecule has 2 aromatic carbocycles. The molecule has 1 aromatic heterocycles. The molecule has 0 bridgehead atoms. The molecule has 0 spiro atoms. The lowest BCUT2D eigenvalue weighted by atomic mass is 9.85. The van der Waals surface area contributed by atoms with Crippen LogP contribution < -0.4 is 36.8 Å². The number of thioether (sulfide) groups is 1. The Morgan fingerprint density at radius 1 is 0.947 bits per heavy atom. The lowest BCUT2D eigenvalue weighted by molar-refractivity contribution is -0.144. The predicted octanol–water partition coefficient (Wildman–Crippen LogP) is 5.73. The minimum Gasteiger partial charge on any atom is -0.391 e. The molecule has 4 aliphatic rings. The van der Waals surface area contributed by atoms with E-state index in [1.54, 1.807) is 18.0 Å². The summed E-state index contributed by atoms with van der Waals surface area (Å²) in [5.41, 5.74) is 9.06. The van der Waals surface area contributed by atoms with Gasteiger partial charge in [0.2, 0.25) is 17.7 Å². The Morgan fingerprint density at radius 3 is 2.33 bits per heavy atom. The van der Waals surface area contributed by atoms with Crippen molar-refractivity contribution in [3.05, 3.63) is 106 Å². The first kappa shape index (κ1) is 57.7. The van der Waals surface area contributed by atoms with Crippen LogP contribution in [0.15, 0.2) is 83.3 Å². The first-order valence-electron chi connectivity index (χ1n) is 26.5. The number of aromatic nitrogens is 1. The number of carbonyl (C=O) groups is 4. The highest BCUT2D eigenvalue weighted by Crippen LogP contribution is 2.36. The molecule has 0 radical (unpaired) electrons. The van der Waals surface area contributed by atoms with Gasteiger partial charge in [0.25, 0.3) is 5.91 Å². The minimum atomic E-state index is -0.984. The molecule has 5 atom stereocenters. The number of ether oxygens (including phenoxy) is 3. The Morgan fingerprint density at radius 2 is 1.67 bits per heavy atom. The van der Waals surface area contributed by atoms with Gasteiger partial charge < -0.3 is 66.1 Å². The van der Waals surface area contributed by atoms with E-state index in [0.717, 1.165) is 75.7 Å². The molecule has 1 unspecified atom stereocenters. The lowest BCUT2D eigenvalue weighted by Gasteiger charge is -2.37. The largest absolute Gasteiger partial charge is 0.391 e. The molecular formula is C57H79N9O9S. The van der Waals surface area contributed by atoms with Crippen LogP contribution in [0, 0.1) is 12.3 Å². The molecule has 412 valence electrons. The third-order valence-electron chi connectivity index (χ3n) is 14.4. The summed E-state index contributed by atoms with van der Waals surface area (Å²) in [6, 6.07) is 14.0. The van der Waals surface area contributed by atoms with E-state index in [1.165, 1.54) is 9.81 Å². The number of nitrogens with one attached hydrogen (secondary N) is 6. The average Bonchev–Trinajstić information content (AvgIpc) is 4.02. The Hall–Kier alpha value is -5.96. The van der Waals surface area contributed by atoms with Crippen LogP contribution in [0.5, 0.6) is 0 Å². The fourth-order valence-electron chi connectivity index (χ4n) is 10.2. The van der Waals surface area contributed by atoms with Crippen molar-refractivity contribution >= 4 is 51.8 Å². The molecule has 0 saturated carbocycles. The SMILES string of the molecule is CCN(c1cc(-c2ccc(NCCOCCOCC(=O)N[C@H](C(=O)N3C[C@H](O)C[C@H]3C(=O)N[C@@H](C)c3ccc(C4=C(C)NCS4)cc3)C(C)(C)C)nc2)cc(C(=O)NCC2=C(C)C=C(C)NC2O)c1C)C1CCOCC1. The van der Waals surface area contributed by atoms with Gasteiger partial charge >= 0.3 is 0 Å². The zero-order valence-corrected chi connectivity index (χ0v) is 46.5. The van der Waals surface area contributed by atoms with E-state index < -0.39 is 41.6 Å². The van der Waals surface area contributed by atoms with Gasteiger partial charge in [-0.05, 0) is 118 Å². The van der Waals surface area contributed by atoms with Crippen LogP contribution in [0.1, 0.15) is 108 Å². The van der Waals surface area contributed by atoms with Crippen LogP contribution in [0.2, 0.25) is 0 Å². The zero-order chi connectivity index (χ0) is 54.7. The summed E-state index contributed by atoms with van der Waals surface area (Å²) in [5, 5.41) is 40.0. The number of rotatable bonds is 22. The maximum atomic E-state index is 14.1. The molecule has 2 saturated heterocycles. The first-order valence-corrected chi connectivity index (χ1v) is 27.5. The minimum absolute atomic E-state index is 0.0255. The second-order valence-electron chi connectivity index (χ2n) is 21.1. The first-order chi connectivity index (χ1) is 36.3. The molecule has 7 rings (SSSR count). The van der Waals surface area contributed by atoms with Gasteiger partial charge in [0, 0.05) is 96.7 Å². The van der Waals surface area contributed by atoms with E-state index in [4.69, 9.17) is 14.2 Å². The molecule has 18 nitrogen and oxygen atoms in total. The fourth-order valence-corrected chi connectivity index (χ4v) is 11.2. The summed E-state index contributed by atoms with van der Waals surface area (Å²) in [5.74, 6) is -0.0476. The second kappa shape index (κ2) is 26.4. The van der Waals surface area contributed by atoms with E-state index in [0.29, 0.717) is 43.3 Å². The van der Waals surface area contributed by atoms with E-state index in [9.17, 15) is 29.4 Å². The van der Waals surface area contributed by atoms with Gasteiger partial charge in [0.1, 0.15) is 30.7 Å². The summed E-state index contributed by atoms with van der Waals surface area (Å²) in [4.78, 5) is 64.7. The fraction of sp³-hybridized carbons (Fsp3) is 0.526. The number of β-amino-alcohol motifs (C(OH)–C–C–N with tert-alkyl or cyclic N) is 1. The lowest BCUT2D eigenvalue weighted by Crippen LogP contribution is -2.58. The molecule has 5 heterocycles. The summed E-state index contributed by atoms with van der Waals surface area (Å²) < 4.78 is 17.1. The molecule has 8 N–H and O–H groups in total. The summed E-state index contributed by atoms with van der Waals surface area (Å²) in [7, 11) is 0. The van der Waals surface area contributed by atoms with Crippen molar-refractivity contribution in [3.8, 4) is 11.1 Å². The van der Waals surface area contributed by atoms with Crippen LogP contribution >= 0.6 is 11.8 Å². The van der Waals surface area contributed by atoms with Crippen molar-refractivity contribution in [3.63, 3.8) is 0 Å². The Bertz CT molecular complexity index is 2630. The van der Waals surface area contributed by atoms with Crippen molar-refractivity contribution in [1.82, 2.24) is 36.5 Å². The molecule has 19 heteroatoms. The number of benzene rings is 2. The zero-order valence-electron chi connectivity index (χ0n) is 45.6. The number of amides is 4. The van der Waals surface area contributed by atoms with Gasteiger partial charge in [-0.2, -0.15) is 0 Å². The third kappa shape index (κ3) is 14.7. The van der Waals surface area contributed by atoms with Crippen LogP contribution in [-0.2, 0) is 28.6 Å². The molecule has 0 aliphatic carbocycles. The van der Waals surface area contributed by atoms with E-state index in [2.05, 4.69) is 61.7 Å². The van der Waals surface area contributed by atoms with Gasteiger partial charge in [-0.25, -0.2) is 4.98 Å². The predicted molar refractivity (Wildman–Crippen MR) is 298 cm³/mol. The number of carbonyl (C=O) groups excluding carboxylic acids is 4. The Kier molecular flexibility index (Phi) is 20.1. The van der Waals surface area contributed by atoms with E-state index in [-0.39, 0.29) is 63.2 Å².